The first-order valence-corrected chi connectivity index (χ1v) is 4.30. The van der Waals surface area contributed by atoms with E-state index in [1.54, 1.807) is 0 Å². The molecule has 4 atom stereocenters. The summed E-state index contributed by atoms with van der Waals surface area (Å²) in [6.45, 7) is 0. The monoisotopic (exact) mass is 216 g/mol. The molecule has 0 saturated heterocycles. The zero-order valence-electron chi connectivity index (χ0n) is 5.42. The summed E-state index contributed by atoms with van der Waals surface area (Å²) in [5.41, 5.74) is 0. The lowest BCUT2D eigenvalue weighted by molar-refractivity contribution is 0.149. The van der Waals surface area contributed by atoms with Crippen LogP contribution in [0.2, 0.25) is 0 Å². The molecule has 0 fully saturated rings. The molecule has 0 aromatic rings. The fourth-order valence-electron chi connectivity index (χ4n) is 0.868. The molecular weight excluding hydrogens is 210 g/mol. The first-order valence-electron chi connectivity index (χ1n) is 3.05. The van der Waals surface area contributed by atoms with Gasteiger partial charge in [0.15, 0.2) is 0 Å². The minimum atomic E-state index is -0.968. The third kappa shape index (κ3) is 1.82. The van der Waals surface area contributed by atoms with E-state index in [0.29, 0.717) is 0 Å². The minimum Gasteiger partial charge on any atom is -0.387 e. The lowest BCUT2D eigenvalue weighted by atomic mass is 10.0. The number of alkyl halides is 2. The van der Waals surface area contributed by atoms with Crippen LogP contribution in [0.15, 0.2) is 11.1 Å². The number of halogens is 3. The highest BCUT2D eigenvalue weighted by molar-refractivity contribution is 6.35. The predicted octanol–water partition coefficient (Wildman–Crippen LogP) is 1.06. The number of hydrogen-bond acceptors (Lipinski definition) is 2. The fourth-order valence-corrected chi connectivity index (χ4v) is 1.69. The number of aliphatic hydroxyl groups excluding tert-OH is 2. The van der Waals surface area contributed by atoms with Crippen LogP contribution in [0.25, 0.3) is 0 Å². The molecule has 0 spiro atoms. The summed E-state index contributed by atoms with van der Waals surface area (Å²) < 4.78 is 0. The maximum Gasteiger partial charge on any atom is 0.107 e. The molecule has 0 aromatic heterocycles. The number of rotatable bonds is 0. The summed E-state index contributed by atoms with van der Waals surface area (Å²) in [5, 5.41) is 17.1. The molecule has 2 N–H and O–H groups in total. The van der Waals surface area contributed by atoms with Crippen LogP contribution in [0.1, 0.15) is 0 Å². The van der Waals surface area contributed by atoms with E-state index in [9.17, 15) is 5.11 Å². The first kappa shape index (κ1) is 9.62. The van der Waals surface area contributed by atoms with Crippen molar-refractivity contribution in [3.63, 3.8) is 0 Å². The van der Waals surface area contributed by atoms with E-state index in [-0.39, 0.29) is 5.03 Å². The molecule has 0 unspecified atom stereocenters. The molecule has 5 heteroatoms. The van der Waals surface area contributed by atoms with Crippen LogP contribution in [0.4, 0.5) is 0 Å². The average Bonchev–Trinajstić information content (AvgIpc) is 1.97. The van der Waals surface area contributed by atoms with Crippen molar-refractivity contribution in [1.82, 2.24) is 0 Å². The van der Waals surface area contributed by atoms with Gasteiger partial charge in [0.2, 0.25) is 0 Å². The summed E-state index contributed by atoms with van der Waals surface area (Å²) in [7, 11) is 0. The first-order chi connectivity index (χ1) is 5.04. The molecule has 1 aliphatic rings. The van der Waals surface area contributed by atoms with Gasteiger partial charge in [0.1, 0.15) is 6.10 Å². The second kappa shape index (κ2) is 3.50. The highest BCUT2D eigenvalue weighted by Crippen LogP contribution is 2.29. The molecule has 0 saturated carbocycles. The Kier molecular flexibility index (Phi) is 3.06. The molecule has 0 bridgehead atoms. The topological polar surface area (TPSA) is 40.5 Å². The average molecular weight is 217 g/mol. The zero-order chi connectivity index (χ0) is 8.59. The van der Waals surface area contributed by atoms with E-state index in [4.69, 9.17) is 39.9 Å². The van der Waals surface area contributed by atoms with Gasteiger partial charge in [0.05, 0.1) is 16.9 Å². The van der Waals surface area contributed by atoms with Crippen molar-refractivity contribution in [1.29, 1.82) is 0 Å². The van der Waals surface area contributed by atoms with Gasteiger partial charge in [-0.1, -0.05) is 11.6 Å². The van der Waals surface area contributed by atoms with Crippen LogP contribution in [0.5, 0.6) is 0 Å². The third-order valence-electron chi connectivity index (χ3n) is 1.54. The molecule has 0 aliphatic heterocycles. The van der Waals surface area contributed by atoms with Crippen LogP contribution in [-0.2, 0) is 0 Å². The number of aliphatic hydroxyl groups is 2. The van der Waals surface area contributed by atoms with Crippen LogP contribution >= 0.6 is 34.8 Å². The van der Waals surface area contributed by atoms with Gasteiger partial charge in [-0.3, -0.25) is 0 Å². The highest BCUT2D eigenvalue weighted by atomic mass is 35.5. The Bertz CT molecular complexity index is 183. The van der Waals surface area contributed by atoms with E-state index in [1.165, 1.54) is 6.08 Å². The van der Waals surface area contributed by atoms with Crippen molar-refractivity contribution in [2.45, 2.75) is 23.0 Å². The Balaban J connectivity index is 2.83. The van der Waals surface area contributed by atoms with Crippen LogP contribution in [0.3, 0.4) is 0 Å². The molecule has 11 heavy (non-hydrogen) atoms. The molecule has 0 radical (unpaired) electrons. The van der Waals surface area contributed by atoms with Crippen LogP contribution in [0, 0.1) is 0 Å². The predicted molar refractivity (Wildman–Crippen MR) is 45.2 cm³/mol. The van der Waals surface area contributed by atoms with Crippen molar-refractivity contribution in [3.05, 3.63) is 11.1 Å². The van der Waals surface area contributed by atoms with Gasteiger partial charge in [0, 0.05) is 5.03 Å². The second-order valence-corrected chi connectivity index (χ2v) is 3.82. The molecule has 0 heterocycles. The molecule has 64 valence electrons. The summed E-state index contributed by atoms with van der Waals surface area (Å²) >= 11 is 16.8. The zero-order valence-corrected chi connectivity index (χ0v) is 7.68. The SMILES string of the molecule is O[C@@H]1C(Cl)=C[C@H](O)[C@H](Cl)[C@@H]1Cl. The van der Waals surface area contributed by atoms with Gasteiger partial charge in [-0.15, -0.1) is 23.2 Å². The molecule has 1 aliphatic carbocycles. The van der Waals surface area contributed by atoms with Gasteiger partial charge < -0.3 is 10.2 Å². The summed E-state index contributed by atoms with van der Waals surface area (Å²) in [5.74, 6) is 0. The van der Waals surface area contributed by atoms with Gasteiger partial charge >= 0.3 is 0 Å². The van der Waals surface area contributed by atoms with Crippen molar-refractivity contribution in [2.24, 2.45) is 0 Å². The van der Waals surface area contributed by atoms with E-state index >= 15 is 0 Å². The van der Waals surface area contributed by atoms with Gasteiger partial charge in [-0.2, -0.15) is 0 Å². The Morgan fingerprint density at radius 3 is 2.27 bits per heavy atom. The Labute approximate surface area is 79.4 Å². The van der Waals surface area contributed by atoms with Crippen molar-refractivity contribution in [3.8, 4) is 0 Å². The fraction of sp³-hybridized carbons (Fsp3) is 0.667. The van der Waals surface area contributed by atoms with E-state index in [1.807, 2.05) is 0 Å². The van der Waals surface area contributed by atoms with E-state index in [2.05, 4.69) is 0 Å². The standard InChI is InChI=1S/C6H7Cl3O2/c7-2-1-3(10)4(8)5(9)6(2)11/h1,3-6,10-11H/t3-,4-,5-,6+/m0/s1. The van der Waals surface area contributed by atoms with E-state index in [0.717, 1.165) is 0 Å². The van der Waals surface area contributed by atoms with Gasteiger partial charge in [-0.25, -0.2) is 0 Å². The van der Waals surface area contributed by atoms with Gasteiger partial charge in [-0.05, 0) is 6.08 Å². The maximum atomic E-state index is 9.21. The quantitative estimate of drug-likeness (QED) is 0.596. The largest absolute Gasteiger partial charge is 0.387 e. The smallest absolute Gasteiger partial charge is 0.107 e. The summed E-state index contributed by atoms with van der Waals surface area (Å²) in [6, 6.07) is 0. The van der Waals surface area contributed by atoms with E-state index < -0.39 is 23.0 Å². The summed E-state index contributed by atoms with van der Waals surface area (Å²) in [4.78, 5) is 0. The van der Waals surface area contributed by atoms with Crippen molar-refractivity contribution >= 4 is 34.8 Å². The molecule has 0 aromatic carbocycles. The lowest BCUT2D eigenvalue weighted by Gasteiger charge is -2.28. The molecule has 1 rings (SSSR count). The van der Waals surface area contributed by atoms with Crippen molar-refractivity contribution in [2.75, 3.05) is 0 Å². The molecular formula is C6H7Cl3O2. The minimum absolute atomic E-state index is 0.148. The Hall–Kier alpha value is 0.530. The second-order valence-electron chi connectivity index (χ2n) is 2.38. The van der Waals surface area contributed by atoms with Crippen LogP contribution in [-0.4, -0.2) is 33.2 Å². The van der Waals surface area contributed by atoms with Crippen molar-refractivity contribution < 1.29 is 10.2 Å². The van der Waals surface area contributed by atoms with Gasteiger partial charge in [0.25, 0.3) is 0 Å². The normalized spacial score (nSPS) is 45.4. The van der Waals surface area contributed by atoms with Crippen LogP contribution < -0.4 is 0 Å². The summed E-state index contributed by atoms with van der Waals surface area (Å²) in [6.07, 6.45) is -0.553. The highest BCUT2D eigenvalue weighted by Gasteiger charge is 2.35. The molecule has 2 nitrogen and oxygen atoms in total. The maximum absolute atomic E-state index is 9.21. The lowest BCUT2D eigenvalue weighted by Crippen LogP contribution is -2.41. The third-order valence-corrected chi connectivity index (χ3v) is 3.06. The Morgan fingerprint density at radius 1 is 1.18 bits per heavy atom. The molecule has 0 amide bonds. The number of hydrogen-bond donors (Lipinski definition) is 2. The Morgan fingerprint density at radius 2 is 1.73 bits per heavy atom.